The first-order chi connectivity index (χ1) is 12.6. The van der Waals surface area contributed by atoms with Gasteiger partial charge in [0.05, 0.1) is 18.7 Å². The second-order valence-corrected chi connectivity index (χ2v) is 7.28. The number of carbonyl (C=O) groups excluding carboxylic acids is 2. The van der Waals surface area contributed by atoms with Gasteiger partial charge in [-0.05, 0) is 37.4 Å². The fourth-order valence-electron chi connectivity index (χ4n) is 4.15. The monoisotopic (exact) mass is 353 g/mol. The van der Waals surface area contributed by atoms with Gasteiger partial charge in [-0.1, -0.05) is 23.4 Å². The molecule has 1 aromatic heterocycles. The van der Waals surface area contributed by atoms with E-state index in [2.05, 4.69) is 20.5 Å². The highest BCUT2D eigenvalue weighted by molar-refractivity contribution is 5.93. The molecule has 7 heteroatoms. The fourth-order valence-corrected chi connectivity index (χ4v) is 4.15. The summed E-state index contributed by atoms with van der Waals surface area (Å²) in [6, 6.07) is 9.97. The van der Waals surface area contributed by atoms with Crippen LogP contribution in [-0.2, 0) is 11.3 Å². The molecule has 136 valence electrons. The summed E-state index contributed by atoms with van der Waals surface area (Å²) in [6.07, 6.45) is 3.74. The van der Waals surface area contributed by atoms with E-state index in [0.29, 0.717) is 24.2 Å². The Morgan fingerprint density at radius 3 is 2.73 bits per heavy atom. The maximum atomic E-state index is 12.7. The van der Waals surface area contributed by atoms with Gasteiger partial charge in [0.1, 0.15) is 5.69 Å². The topological polar surface area (TPSA) is 80.1 Å². The Bertz CT molecular complexity index is 803. The minimum absolute atomic E-state index is 0.0312. The van der Waals surface area contributed by atoms with E-state index >= 15 is 0 Å². The summed E-state index contributed by atoms with van der Waals surface area (Å²) >= 11 is 0. The molecular weight excluding hydrogens is 330 g/mol. The lowest BCUT2D eigenvalue weighted by Crippen LogP contribution is -2.57. The third-order valence-electron chi connectivity index (χ3n) is 5.55. The van der Waals surface area contributed by atoms with Gasteiger partial charge in [-0.3, -0.25) is 19.2 Å². The van der Waals surface area contributed by atoms with Crippen molar-refractivity contribution < 1.29 is 9.59 Å². The minimum Gasteiger partial charge on any atom is -0.326 e. The number of amides is 1. The average molecular weight is 353 g/mol. The van der Waals surface area contributed by atoms with Crippen LogP contribution in [0.15, 0.2) is 36.5 Å². The first-order valence-corrected chi connectivity index (χ1v) is 9.11. The summed E-state index contributed by atoms with van der Waals surface area (Å²) in [5.74, 6) is 0.469. The van der Waals surface area contributed by atoms with Crippen molar-refractivity contribution in [1.29, 1.82) is 0 Å². The molecule has 1 aromatic carbocycles. The zero-order valence-electron chi connectivity index (χ0n) is 14.8. The molecule has 0 aliphatic carbocycles. The predicted octanol–water partition coefficient (Wildman–Crippen LogP) is 1.83. The number of Topliss-reactive ketones (excluding diaryl/α,β-unsaturated/α-hetero) is 1. The molecule has 2 bridgehead atoms. The number of ketones is 1. The van der Waals surface area contributed by atoms with Crippen molar-refractivity contribution in [2.24, 2.45) is 11.8 Å². The fraction of sp³-hybridized carbons (Fsp3) is 0.474. The lowest BCUT2D eigenvalue weighted by atomic mass is 9.75. The van der Waals surface area contributed by atoms with E-state index in [1.807, 2.05) is 30.3 Å². The molecule has 3 fully saturated rings. The van der Waals surface area contributed by atoms with E-state index in [1.165, 1.54) is 6.92 Å². The number of aromatic nitrogens is 3. The number of fused-ring (bicyclic) bond motifs is 3. The standard InChI is InChI=1S/C19H23N5O2/c1-13(25)18-12-24(22-21-18)10-16-9-14-7-8-23(16)11-17(14)19(26)20-15-5-3-2-4-6-15/h2-6,12,14,16-17H,7-11H2,1H3,(H,20,26)/t14-,16-,17-/m0/s1. The maximum absolute atomic E-state index is 12.7. The highest BCUT2D eigenvalue weighted by Gasteiger charge is 2.43. The number of carbonyl (C=O) groups is 2. The van der Waals surface area contributed by atoms with Crippen molar-refractivity contribution in [3.05, 3.63) is 42.2 Å². The first kappa shape index (κ1) is 16.9. The Labute approximate surface area is 152 Å². The summed E-state index contributed by atoms with van der Waals surface area (Å²) in [5, 5.41) is 11.0. The number of nitrogens with zero attached hydrogens (tertiary/aromatic N) is 4. The number of para-hydroxylation sites is 1. The number of hydrogen-bond acceptors (Lipinski definition) is 5. The van der Waals surface area contributed by atoms with Crippen LogP contribution in [0.5, 0.6) is 0 Å². The Morgan fingerprint density at radius 1 is 1.27 bits per heavy atom. The van der Waals surface area contributed by atoms with Crippen molar-refractivity contribution in [2.45, 2.75) is 32.4 Å². The molecule has 2 aromatic rings. The van der Waals surface area contributed by atoms with E-state index in [4.69, 9.17) is 0 Å². The zero-order chi connectivity index (χ0) is 18.1. The largest absolute Gasteiger partial charge is 0.326 e. The van der Waals surface area contributed by atoms with Crippen molar-refractivity contribution >= 4 is 17.4 Å². The van der Waals surface area contributed by atoms with Crippen LogP contribution in [0.25, 0.3) is 0 Å². The van der Waals surface area contributed by atoms with E-state index in [0.717, 1.165) is 31.6 Å². The number of nitrogens with one attached hydrogen (secondary N) is 1. The lowest BCUT2D eigenvalue weighted by molar-refractivity contribution is -0.127. The Balaban J connectivity index is 1.39. The molecule has 1 N–H and O–H groups in total. The summed E-state index contributed by atoms with van der Waals surface area (Å²) in [5.41, 5.74) is 1.26. The van der Waals surface area contributed by atoms with Crippen LogP contribution in [0, 0.1) is 11.8 Å². The van der Waals surface area contributed by atoms with Gasteiger partial charge in [0.2, 0.25) is 5.91 Å². The SMILES string of the molecule is CC(=O)c1cn(C[C@@H]2C[C@@H]3CCN2C[C@@H]3C(=O)Nc2ccccc2)nn1. The third-order valence-corrected chi connectivity index (χ3v) is 5.55. The highest BCUT2D eigenvalue weighted by Crippen LogP contribution is 2.37. The van der Waals surface area contributed by atoms with Gasteiger partial charge >= 0.3 is 0 Å². The molecule has 26 heavy (non-hydrogen) atoms. The minimum atomic E-state index is -0.0700. The molecule has 0 radical (unpaired) electrons. The van der Waals surface area contributed by atoms with Crippen LogP contribution >= 0.6 is 0 Å². The number of rotatable bonds is 5. The first-order valence-electron chi connectivity index (χ1n) is 9.11. The molecule has 3 aliphatic rings. The average Bonchev–Trinajstić information content (AvgIpc) is 3.12. The quantitative estimate of drug-likeness (QED) is 0.830. The molecule has 1 unspecified atom stereocenters. The molecule has 5 rings (SSSR count). The smallest absolute Gasteiger partial charge is 0.229 e. The third kappa shape index (κ3) is 3.39. The summed E-state index contributed by atoms with van der Waals surface area (Å²) in [6.45, 7) is 4.00. The summed E-state index contributed by atoms with van der Waals surface area (Å²) in [7, 11) is 0. The molecule has 4 heterocycles. The van der Waals surface area contributed by atoms with Gasteiger partial charge in [0.15, 0.2) is 5.78 Å². The van der Waals surface area contributed by atoms with Crippen LogP contribution in [0.1, 0.15) is 30.3 Å². The molecule has 0 saturated carbocycles. The van der Waals surface area contributed by atoms with Crippen LogP contribution in [0.4, 0.5) is 5.69 Å². The lowest BCUT2D eigenvalue weighted by Gasteiger charge is -2.49. The molecule has 3 aliphatic heterocycles. The van der Waals surface area contributed by atoms with Crippen molar-refractivity contribution in [2.75, 3.05) is 18.4 Å². The summed E-state index contributed by atoms with van der Waals surface area (Å²) < 4.78 is 1.75. The van der Waals surface area contributed by atoms with E-state index in [9.17, 15) is 9.59 Å². The van der Waals surface area contributed by atoms with Gasteiger partial charge in [-0.2, -0.15) is 0 Å². The molecule has 1 amide bonds. The second kappa shape index (κ2) is 6.99. The Kier molecular flexibility index (Phi) is 4.55. The number of benzene rings is 1. The van der Waals surface area contributed by atoms with Gasteiger partial charge in [0.25, 0.3) is 0 Å². The van der Waals surface area contributed by atoms with Gasteiger partial charge in [-0.15, -0.1) is 5.10 Å². The number of anilines is 1. The van der Waals surface area contributed by atoms with E-state index < -0.39 is 0 Å². The molecule has 4 atom stereocenters. The molecular formula is C19H23N5O2. The van der Waals surface area contributed by atoms with Gasteiger partial charge in [-0.25, -0.2) is 0 Å². The van der Waals surface area contributed by atoms with E-state index in [1.54, 1.807) is 10.9 Å². The maximum Gasteiger partial charge on any atom is 0.229 e. The normalized spacial score (nSPS) is 27.3. The van der Waals surface area contributed by atoms with E-state index in [-0.39, 0.29) is 17.6 Å². The zero-order valence-corrected chi connectivity index (χ0v) is 14.8. The Morgan fingerprint density at radius 2 is 2.08 bits per heavy atom. The highest BCUT2D eigenvalue weighted by atomic mass is 16.2. The molecule has 7 nitrogen and oxygen atoms in total. The predicted molar refractivity (Wildman–Crippen MR) is 96.7 cm³/mol. The molecule has 0 spiro atoms. The van der Waals surface area contributed by atoms with Crippen LogP contribution < -0.4 is 5.32 Å². The number of hydrogen-bond donors (Lipinski definition) is 1. The van der Waals surface area contributed by atoms with Crippen LogP contribution in [0.2, 0.25) is 0 Å². The van der Waals surface area contributed by atoms with Gasteiger partial charge < -0.3 is 5.32 Å². The summed E-state index contributed by atoms with van der Waals surface area (Å²) in [4.78, 5) is 26.5. The van der Waals surface area contributed by atoms with Crippen molar-refractivity contribution in [1.82, 2.24) is 19.9 Å². The Hall–Kier alpha value is -2.54. The van der Waals surface area contributed by atoms with Crippen molar-refractivity contribution in [3.8, 4) is 0 Å². The van der Waals surface area contributed by atoms with Crippen molar-refractivity contribution in [3.63, 3.8) is 0 Å². The molecule has 3 saturated heterocycles. The second-order valence-electron chi connectivity index (χ2n) is 7.28. The number of piperidine rings is 3. The van der Waals surface area contributed by atoms with Gasteiger partial charge in [0, 0.05) is 25.2 Å². The van der Waals surface area contributed by atoms with Crippen LogP contribution in [-0.4, -0.2) is 50.7 Å². The van der Waals surface area contributed by atoms with Crippen LogP contribution in [0.3, 0.4) is 0 Å².